The number of aryl methyl sites for hydroxylation is 1. The fourth-order valence-corrected chi connectivity index (χ4v) is 1.96. The maximum absolute atomic E-state index is 12.5. The van der Waals surface area contributed by atoms with Crippen LogP contribution in [0.3, 0.4) is 0 Å². The average Bonchev–Trinajstić information content (AvgIpc) is 2.40. The zero-order chi connectivity index (χ0) is 14.5. The molecule has 19 heavy (non-hydrogen) atoms. The highest BCUT2D eigenvalue weighted by atomic mass is 16.1. The van der Waals surface area contributed by atoms with Crippen LogP contribution >= 0.6 is 0 Å². The molecule has 1 aromatic rings. The Balaban J connectivity index is 3.01. The number of anilines is 1. The van der Waals surface area contributed by atoms with Crippen LogP contribution in [0.1, 0.15) is 56.5 Å². The monoisotopic (exact) mass is 262 g/mol. The second-order valence-electron chi connectivity index (χ2n) is 5.30. The van der Waals surface area contributed by atoms with Crippen LogP contribution in [0, 0.1) is 6.92 Å². The summed E-state index contributed by atoms with van der Waals surface area (Å²) in [6.07, 6.45) is 1.86. The SMILES string of the molecule is CCNc1ccc(C)cc1C(=O)NC(C)(CC)CC. The van der Waals surface area contributed by atoms with E-state index >= 15 is 0 Å². The van der Waals surface area contributed by atoms with Gasteiger partial charge in [-0.05, 0) is 45.7 Å². The van der Waals surface area contributed by atoms with Crippen molar-refractivity contribution in [2.24, 2.45) is 0 Å². The normalized spacial score (nSPS) is 11.2. The lowest BCUT2D eigenvalue weighted by molar-refractivity contribution is 0.0902. The van der Waals surface area contributed by atoms with Gasteiger partial charge in [-0.3, -0.25) is 4.79 Å². The van der Waals surface area contributed by atoms with Gasteiger partial charge in [0.15, 0.2) is 0 Å². The lowest BCUT2D eigenvalue weighted by Crippen LogP contribution is -2.45. The van der Waals surface area contributed by atoms with Crippen LogP contribution in [0.15, 0.2) is 18.2 Å². The highest BCUT2D eigenvalue weighted by Gasteiger charge is 2.23. The number of nitrogens with one attached hydrogen (secondary N) is 2. The van der Waals surface area contributed by atoms with Crippen molar-refractivity contribution < 1.29 is 4.79 Å². The molecule has 1 rings (SSSR count). The van der Waals surface area contributed by atoms with Gasteiger partial charge in [0.2, 0.25) is 0 Å². The van der Waals surface area contributed by atoms with Gasteiger partial charge in [-0.2, -0.15) is 0 Å². The summed E-state index contributed by atoms with van der Waals surface area (Å²) < 4.78 is 0. The van der Waals surface area contributed by atoms with Crippen molar-refractivity contribution in [1.82, 2.24) is 5.32 Å². The molecule has 0 atom stereocenters. The standard InChI is InChI=1S/C16H26N2O/c1-6-16(5,7-2)18-15(19)13-11-12(4)9-10-14(13)17-8-3/h9-11,17H,6-8H2,1-5H3,(H,18,19). The van der Waals surface area contributed by atoms with Gasteiger partial charge in [0.25, 0.3) is 5.91 Å². The molecule has 0 aliphatic heterocycles. The van der Waals surface area contributed by atoms with Crippen LogP contribution in [0.4, 0.5) is 5.69 Å². The van der Waals surface area contributed by atoms with E-state index in [0.717, 1.165) is 36.2 Å². The molecule has 3 nitrogen and oxygen atoms in total. The summed E-state index contributed by atoms with van der Waals surface area (Å²) in [6, 6.07) is 5.94. The topological polar surface area (TPSA) is 41.1 Å². The van der Waals surface area contributed by atoms with E-state index in [4.69, 9.17) is 0 Å². The number of rotatable bonds is 6. The van der Waals surface area contributed by atoms with Gasteiger partial charge in [-0.25, -0.2) is 0 Å². The lowest BCUT2D eigenvalue weighted by Gasteiger charge is -2.28. The maximum Gasteiger partial charge on any atom is 0.253 e. The molecule has 0 unspecified atom stereocenters. The lowest BCUT2D eigenvalue weighted by atomic mass is 9.94. The van der Waals surface area contributed by atoms with E-state index in [1.54, 1.807) is 0 Å². The van der Waals surface area contributed by atoms with Crippen molar-refractivity contribution in [3.05, 3.63) is 29.3 Å². The number of benzene rings is 1. The van der Waals surface area contributed by atoms with E-state index in [1.807, 2.05) is 32.0 Å². The van der Waals surface area contributed by atoms with Crippen molar-refractivity contribution in [2.75, 3.05) is 11.9 Å². The fraction of sp³-hybridized carbons (Fsp3) is 0.562. The van der Waals surface area contributed by atoms with Crippen LogP contribution in [0.2, 0.25) is 0 Å². The van der Waals surface area contributed by atoms with Crippen molar-refractivity contribution in [3.8, 4) is 0 Å². The Morgan fingerprint density at radius 2 is 1.84 bits per heavy atom. The van der Waals surface area contributed by atoms with Crippen molar-refractivity contribution in [3.63, 3.8) is 0 Å². The van der Waals surface area contributed by atoms with E-state index in [9.17, 15) is 4.79 Å². The Bertz CT molecular complexity index is 436. The molecule has 1 amide bonds. The first-order chi connectivity index (χ1) is 8.95. The molecule has 0 aliphatic rings. The molecule has 3 heteroatoms. The minimum atomic E-state index is -0.135. The average molecular weight is 262 g/mol. The van der Waals surface area contributed by atoms with Crippen LogP contribution in [0.5, 0.6) is 0 Å². The van der Waals surface area contributed by atoms with E-state index < -0.39 is 0 Å². The first-order valence-corrected chi connectivity index (χ1v) is 7.12. The van der Waals surface area contributed by atoms with E-state index in [0.29, 0.717) is 0 Å². The molecule has 0 radical (unpaired) electrons. The first-order valence-electron chi connectivity index (χ1n) is 7.12. The molecule has 0 heterocycles. The predicted molar refractivity (Wildman–Crippen MR) is 81.8 cm³/mol. The molecule has 0 fully saturated rings. The minimum Gasteiger partial charge on any atom is -0.385 e. The summed E-state index contributed by atoms with van der Waals surface area (Å²) in [5.41, 5.74) is 2.60. The van der Waals surface area contributed by atoms with Crippen molar-refractivity contribution in [2.45, 2.75) is 53.0 Å². The van der Waals surface area contributed by atoms with E-state index in [2.05, 4.69) is 31.4 Å². The van der Waals surface area contributed by atoms with E-state index in [-0.39, 0.29) is 11.4 Å². The zero-order valence-corrected chi connectivity index (χ0v) is 12.8. The quantitative estimate of drug-likeness (QED) is 0.820. The molecule has 0 saturated heterocycles. The Kier molecular flexibility index (Phi) is 5.40. The van der Waals surface area contributed by atoms with Gasteiger partial charge in [-0.1, -0.05) is 25.5 Å². The van der Waals surface area contributed by atoms with E-state index in [1.165, 1.54) is 0 Å². The van der Waals surface area contributed by atoms with Crippen molar-refractivity contribution in [1.29, 1.82) is 0 Å². The molecule has 1 aromatic carbocycles. The second kappa shape index (κ2) is 6.60. The Morgan fingerprint density at radius 1 is 1.21 bits per heavy atom. The zero-order valence-electron chi connectivity index (χ0n) is 12.8. The molecular formula is C16H26N2O. The molecule has 0 bridgehead atoms. The largest absolute Gasteiger partial charge is 0.385 e. The Labute approximate surface area is 116 Å². The highest BCUT2D eigenvalue weighted by molar-refractivity contribution is 6.00. The molecule has 0 spiro atoms. The van der Waals surface area contributed by atoms with Crippen LogP contribution in [-0.2, 0) is 0 Å². The molecular weight excluding hydrogens is 236 g/mol. The summed E-state index contributed by atoms with van der Waals surface area (Å²) in [4.78, 5) is 12.5. The van der Waals surface area contributed by atoms with Gasteiger partial charge in [0.1, 0.15) is 0 Å². The van der Waals surface area contributed by atoms with Gasteiger partial charge < -0.3 is 10.6 Å². The van der Waals surface area contributed by atoms with Crippen molar-refractivity contribution >= 4 is 11.6 Å². The molecule has 106 valence electrons. The summed E-state index contributed by atoms with van der Waals surface area (Å²) in [7, 11) is 0. The number of hydrogen-bond acceptors (Lipinski definition) is 2. The predicted octanol–water partition coefficient (Wildman–Crippen LogP) is 3.74. The third-order valence-corrected chi connectivity index (χ3v) is 3.76. The summed E-state index contributed by atoms with van der Waals surface area (Å²) in [5.74, 6) is 0.00542. The summed E-state index contributed by atoms with van der Waals surface area (Å²) in [5, 5.41) is 6.40. The van der Waals surface area contributed by atoms with Crippen LogP contribution in [0.25, 0.3) is 0 Å². The molecule has 2 N–H and O–H groups in total. The van der Waals surface area contributed by atoms with Gasteiger partial charge in [0.05, 0.1) is 5.56 Å². The third kappa shape index (κ3) is 3.98. The Morgan fingerprint density at radius 3 is 2.37 bits per heavy atom. The molecule has 0 aliphatic carbocycles. The van der Waals surface area contributed by atoms with Crippen LogP contribution < -0.4 is 10.6 Å². The Hall–Kier alpha value is -1.51. The summed E-state index contributed by atoms with van der Waals surface area (Å²) in [6.45, 7) is 11.1. The maximum atomic E-state index is 12.5. The van der Waals surface area contributed by atoms with Gasteiger partial charge in [0, 0.05) is 17.8 Å². The number of amides is 1. The molecule has 0 aromatic heterocycles. The smallest absolute Gasteiger partial charge is 0.253 e. The fourth-order valence-electron chi connectivity index (χ4n) is 1.96. The summed E-state index contributed by atoms with van der Waals surface area (Å²) >= 11 is 0. The number of carbonyl (C=O) groups is 1. The second-order valence-corrected chi connectivity index (χ2v) is 5.30. The number of hydrogen-bond donors (Lipinski definition) is 2. The van der Waals surface area contributed by atoms with Crippen LogP contribution in [-0.4, -0.2) is 18.0 Å². The number of carbonyl (C=O) groups excluding carboxylic acids is 1. The third-order valence-electron chi connectivity index (χ3n) is 3.76. The highest BCUT2D eigenvalue weighted by Crippen LogP contribution is 2.20. The molecule has 0 saturated carbocycles. The van der Waals surface area contributed by atoms with Gasteiger partial charge in [-0.15, -0.1) is 0 Å². The minimum absolute atomic E-state index is 0.00542. The first kappa shape index (κ1) is 15.5. The van der Waals surface area contributed by atoms with Gasteiger partial charge >= 0.3 is 0 Å².